The Balaban J connectivity index is 1.67. The van der Waals surface area contributed by atoms with Crippen LogP contribution in [-0.2, 0) is 6.61 Å². The molecule has 0 aliphatic carbocycles. The molecule has 0 aliphatic rings. The lowest BCUT2D eigenvalue weighted by Crippen LogP contribution is -2.14. The average molecular weight is 336 g/mol. The summed E-state index contributed by atoms with van der Waals surface area (Å²) in [6.45, 7) is 2.18. The largest absolute Gasteiger partial charge is 0.489 e. The number of nitrogens with zero attached hydrogens (tertiary/aromatic N) is 1. The molecule has 0 aliphatic heterocycles. The quantitative estimate of drug-likeness (QED) is 0.753. The summed E-state index contributed by atoms with van der Waals surface area (Å²) in [5.41, 5.74) is 2.21. The van der Waals surface area contributed by atoms with Crippen molar-refractivity contribution in [1.29, 1.82) is 0 Å². The molecule has 1 N–H and O–H groups in total. The van der Waals surface area contributed by atoms with Gasteiger partial charge in [-0.25, -0.2) is 9.37 Å². The zero-order valence-electron chi connectivity index (χ0n) is 13.7. The van der Waals surface area contributed by atoms with Crippen LogP contribution in [0.2, 0.25) is 0 Å². The normalized spacial score (nSPS) is 10.3. The Morgan fingerprint density at radius 3 is 2.68 bits per heavy atom. The number of amides is 1. The minimum Gasteiger partial charge on any atom is -0.489 e. The van der Waals surface area contributed by atoms with Crippen LogP contribution in [0.25, 0.3) is 0 Å². The number of pyridine rings is 1. The maximum absolute atomic E-state index is 12.9. The van der Waals surface area contributed by atoms with E-state index in [4.69, 9.17) is 4.74 Å². The maximum Gasteiger partial charge on any atom is 0.256 e. The molecule has 0 saturated heterocycles. The van der Waals surface area contributed by atoms with Gasteiger partial charge in [0.25, 0.3) is 5.91 Å². The minimum absolute atomic E-state index is 0.256. The van der Waals surface area contributed by atoms with Crippen LogP contribution < -0.4 is 10.1 Å². The highest BCUT2D eigenvalue weighted by atomic mass is 19.1. The van der Waals surface area contributed by atoms with Crippen molar-refractivity contribution >= 4 is 11.7 Å². The highest BCUT2D eigenvalue weighted by Crippen LogP contribution is 2.17. The summed E-state index contributed by atoms with van der Waals surface area (Å²) < 4.78 is 18.6. The molecule has 1 aromatic heterocycles. The SMILES string of the molecule is Cc1cccnc1NC(=O)c1cccc(OCc2ccc(F)cc2)c1. The minimum atomic E-state index is -0.285. The van der Waals surface area contributed by atoms with E-state index in [2.05, 4.69) is 10.3 Å². The van der Waals surface area contributed by atoms with Crippen LogP contribution in [0.1, 0.15) is 21.5 Å². The van der Waals surface area contributed by atoms with Crippen LogP contribution in [0.15, 0.2) is 66.9 Å². The number of ether oxygens (including phenoxy) is 1. The van der Waals surface area contributed by atoms with Crippen molar-refractivity contribution in [1.82, 2.24) is 4.98 Å². The number of aromatic nitrogens is 1. The van der Waals surface area contributed by atoms with E-state index >= 15 is 0 Å². The molecule has 2 aromatic carbocycles. The van der Waals surface area contributed by atoms with Crippen molar-refractivity contribution < 1.29 is 13.9 Å². The molecule has 126 valence electrons. The summed E-state index contributed by atoms with van der Waals surface area (Å²) in [6, 6.07) is 16.7. The molecule has 1 heterocycles. The summed E-state index contributed by atoms with van der Waals surface area (Å²) in [5, 5.41) is 2.79. The van der Waals surface area contributed by atoms with E-state index in [0.717, 1.165) is 11.1 Å². The lowest BCUT2D eigenvalue weighted by Gasteiger charge is -2.09. The summed E-state index contributed by atoms with van der Waals surface area (Å²) in [6.07, 6.45) is 1.63. The molecular weight excluding hydrogens is 319 g/mol. The lowest BCUT2D eigenvalue weighted by molar-refractivity contribution is 0.102. The van der Waals surface area contributed by atoms with Crippen molar-refractivity contribution in [2.45, 2.75) is 13.5 Å². The molecular formula is C20H17FN2O2. The van der Waals surface area contributed by atoms with E-state index in [1.54, 1.807) is 42.6 Å². The highest BCUT2D eigenvalue weighted by Gasteiger charge is 2.09. The van der Waals surface area contributed by atoms with Crippen molar-refractivity contribution in [2.24, 2.45) is 0 Å². The van der Waals surface area contributed by atoms with Gasteiger partial charge in [-0.3, -0.25) is 4.79 Å². The number of hydrogen-bond acceptors (Lipinski definition) is 3. The van der Waals surface area contributed by atoms with Crippen LogP contribution in [0.3, 0.4) is 0 Å². The molecule has 0 spiro atoms. The topological polar surface area (TPSA) is 51.2 Å². The van der Waals surface area contributed by atoms with Crippen molar-refractivity contribution in [3.05, 3.63) is 89.4 Å². The van der Waals surface area contributed by atoms with Gasteiger partial charge in [0, 0.05) is 11.8 Å². The summed E-state index contributed by atoms with van der Waals surface area (Å²) in [7, 11) is 0. The highest BCUT2D eigenvalue weighted by molar-refractivity contribution is 6.04. The van der Waals surface area contributed by atoms with Crippen molar-refractivity contribution in [3.63, 3.8) is 0 Å². The molecule has 3 aromatic rings. The smallest absolute Gasteiger partial charge is 0.256 e. The summed E-state index contributed by atoms with van der Waals surface area (Å²) in [5.74, 6) is 0.557. The zero-order valence-corrected chi connectivity index (χ0v) is 13.7. The first kappa shape index (κ1) is 16.6. The molecule has 3 rings (SSSR count). The Hall–Kier alpha value is -3.21. The van der Waals surface area contributed by atoms with E-state index in [1.807, 2.05) is 19.1 Å². The molecule has 0 saturated carbocycles. The van der Waals surface area contributed by atoms with E-state index in [9.17, 15) is 9.18 Å². The van der Waals surface area contributed by atoms with Crippen molar-refractivity contribution in [2.75, 3.05) is 5.32 Å². The van der Waals surface area contributed by atoms with Crippen LogP contribution in [0.5, 0.6) is 5.75 Å². The van der Waals surface area contributed by atoms with Gasteiger partial charge >= 0.3 is 0 Å². The molecule has 0 radical (unpaired) electrons. The van der Waals surface area contributed by atoms with Gasteiger partial charge in [-0.2, -0.15) is 0 Å². The Morgan fingerprint density at radius 2 is 1.92 bits per heavy atom. The monoisotopic (exact) mass is 336 g/mol. The van der Waals surface area contributed by atoms with Gasteiger partial charge in [0.2, 0.25) is 0 Å². The van der Waals surface area contributed by atoms with Gasteiger partial charge in [-0.15, -0.1) is 0 Å². The van der Waals surface area contributed by atoms with Gasteiger partial charge in [0.15, 0.2) is 0 Å². The second-order valence-electron chi connectivity index (χ2n) is 5.57. The standard InChI is InChI=1S/C20H17FN2O2/c1-14-4-3-11-22-19(14)23-20(24)16-5-2-6-18(12-16)25-13-15-7-9-17(21)10-8-15/h2-12H,13H2,1H3,(H,22,23,24). The zero-order chi connectivity index (χ0) is 17.6. The predicted octanol–water partition coefficient (Wildman–Crippen LogP) is 4.36. The lowest BCUT2D eigenvalue weighted by atomic mass is 10.2. The third-order valence-electron chi connectivity index (χ3n) is 3.66. The van der Waals surface area contributed by atoms with Gasteiger partial charge in [-0.1, -0.05) is 24.3 Å². The molecule has 4 nitrogen and oxygen atoms in total. The van der Waals surface area contributed by atoms with E-state index in [0.29, 0.717) is 23.7 Å². The average Bonchev–Trinajstić information content (AvgIpc) is 2.63. The maximum atomic E-state index is 12.9. The first-order valence-corrected chi connectivity index (χ1v) is 7.82. The first-order chi connectivity index (χ1) is 12.1. The van der Waals surface area contributed by atoms with Gasteiger partial charge in [0.05, 0.1) is 0 Å². The fraction of sp³-hybridized carbons (Fsp3) is 0.100. The van der Waals surface area contributed by atoms with Gasteiger partial charge in [0.1, 0.15) is 24.0 Å². The number of carbonyl (C=O) groups excluding carboxylic acids is 1. The summed E-state index contributed by atoms with van der Waals surface area (Å²) in [4.78, 5) is 16.5. The van der Waals surface area contributed by atoms with E-state index < -0.39 is 0 Å². The summed E-state index contributed by atoms with van der Waals surface area (Å²) >= 11 is 0. The second-order valence-corrected chi connectivity index (χ2v) is 5.57. The van der Waals surface area contributed by atoms with E-state index in [1.165, 1.54) is 12.1 Å². The second kappa shape index (κ2) is 7.57. The molecule has 0 bridgehead atoms. The third kappa shape index (κ3) is 4.41. The number of halogens is 1. The number of nitrogens with one attached hydrogen (secondary N) is 1. The Kier molecular flexibility index (Phi) is 5.04. The Morgan fingerprint density at radius 1 is 1.12 bits per heavy atom. The van der Waals surface area contributed by atoms with Crippen molar-refractivity contribution in [3.8, 4) is 5.75 Å². The number of anilines is 1. The molecule has 0 atom stereocenters. The third-order valence-corrected chi connectivity index (χ3v) is 3.66. The predicted molar refractivity (Wildman–Crippen MR) is 94.1 cm³/mol. The molecule has 5 heteroatoms. The number of aryl methyl sites for hydroxylation is 1. The number of hydrogen-bond donors (Lipinski definition) is 1. The van der Waals surface area contributed by atoms with Crippen LogP contribution in [0.4, 0.5) is 10.2 Å². The Labute approximate surface area is 145 Å². The van der Waals surface area contributed by atoms with Gasteiger partial charge in [-0.05, 0) is 54.4 Å². The van der Waals surface area contributed by atoms with E-state index in [-0.39, 0.29) is 11.7 Å². The number of benzene rings is 2. The molecule has 0 fully saturated rings. The fourth-order valence-electron chi connectivity index (χ4n) is 2.27. The molecule has 0 unspecified atom stereocenters. The van der Waals surface area contributed by atoms with Crippen LogP contribution in [-0.4, -0.2) is 10.9 Å². The fourth-order valence-corrected chi connectivity index (χ4v) is 2.27. The molecule has 25 heavy (non-hydrogen) atoms. The number of rotatable bonds is 5. The first-order valence-electron chi connectivity index (χ1n) is 7.82. The Bertz CT molecular complexity index is 879. The molecule has 1 amide bonds. The number of carbonyl (C=O) groups is 1. The van der Waals surface area contributed by atoms with Gasteiger partial charge < -0.3 is 10.1 Å². The van der Waals surface area contributed by atoms with Crippen LogP contribution in [0, 0.1) is 12.7 Å². The van der Waals surface area contributed by atoms with Crippen LogP contribution >= 0.6 is 0 Å².